The van der Waals surface area contributed by atoms with Crippen LogP contribution in [0, 0.1) is 6.92 Å². The predicted molar refractivity (Wildman–Crippen MR) is 72.3 cm³/mol. The van der Waals surface area contributed by atoms with Crippen LogP contribution in [0.1, 0.15) is 17.2 Å². The highest BCUT2D eigenvalue weighted by atomic mass is 16.5. The van der Waals surface area contributed by atoms with Crippen molar-refractivity contribution in [3.8, 4) is 11.5 Å². The number of hydrogen-bond donors (Lipinski definition) is 2. The third-order valence-corrected chi connectivity index (χ3v) is 2.74. The number of hydrogen-bond acceptors (Lipinski definition) is 3. The van der Waals surface area contributed by atoms with E-state index in [0.717, 1.165) is 5.56 Å². The van der Waals surface area contributed by atoms with Crippen molar-refractivity contribution in [2.75, 3.05) is 0 Å². The summed E-state index contributed by atoms with van der Waals surface area (Å²) < 4.78 is 5.66. The molecule has 0 saturated carbocycles. The van der Waals surface area contributed by atoms with Gasteiger partial charge in [0.25, 0.3) is 0 Å². The maximum atomic E-state index is 10.8. The molecule has 0 unspecified atom stereocenters. The van der Waals surface area contributed by atoms with E-state index in [0.29, 0.717) is 17.1 Å². The molecule has 0 aliphatic carbocycles. The van der Waals surface area contributed by atoms with Crippen LogP contribution in [0.5, 0.6) is 11.5 Å². The maximum absolute atomic E-state index is 10.8. The van der Waals surface area contributed by atoms with E-state index in [2.05, 4.69) is 0 Å². The minimum atomic E-state index is -1.06. The van der Waals surface area contributed by atoms with Gasteiger partial charge < -0.3 is 15.6 Å². The Morgan fingerprint density at radius 1 is 1.16 bits per heavy atom. The van der Waals surface area contributed by atoms with Gasteiger partial charge >= 0.3 is 5.97 Å². The zero-order chi connectivity index (χ0) is 13.8. The molecule has 2 aromatic carbocycles. The lowest BCUT2D eigenvalue weighted by molar-refractivity contribution is -0.138. The largest absolute Gasteiger partial charge is 0.480 e. The second-order valence-corrected chi connectivity index (χ2v) is 4.30. The number of benzene rings is 2. The summed E-state index contributed by atoms with van der Waals surface area (Å²) in [6.45, 7) is 2.00. The highest BCUT2D eigenvalue weighted by molar-refractivity contribution is 5.75. The smallest absolute Gasteiger partial charge is 0.325 e. The maximum Gasteiger partial charge on any atom is 0.325 e. The van der Waals surface area contributed by atoms with E-state index in [-0.39, 0.29) is 0 Å². The molecule has 0 amide bonds. The summed E-state index contributed by atoms with van der Waals surface area (Å²) in [5.74, 6) is 0.206. The highest BCUT2D eigenvalue weighted by Gasteiger charge is 2.14. The van der Waals surface area contributed by atoms with Crippen LogP contribution in [-0.4, -0.2) is 11.1 Å². The molecule has 0 fully saturated rings. The van der Waals surface area contributed by atoms with E-state index in [1.165, 1.54) is 0 Å². The first-order valence-corrected chi connectivity index (χ1v) is 5.89. The molecule has 0 aliphatic heterocycles. The zero-order valence-corrected chi connectivity index (χ0v) is 10.5. The van der Waals surface area contributed by atoms with Gasteiger partial charge in [0.2, 0.25) is 0 Å². The van der Waals surface area contributed by atoms with E-state index >= 15 is 0 Å². The van der Waals surface area contributed by atoms with Crippen molar-refractivity contribution < 1.29 is 14.6 Å². The zero-order valence-electron chi connectivity index (χ0n) is 10.5. The van der Waals surface area contributed by atoms with Crippen LogP contribution < -0.4 is 10.5 Å². The standard InChI is InChI=1S/C15H15NO3/c1-10-5-7-12(8-6-10)19-13-4-2-3-11(9-13)14(16)15(17)18/h2-9,14H,16H2,1H3,(H,17,18)/t14-/m0/s1. The van der Waals surface area contributed by atoms with Gasteiger partial charge in [0.05, 0.1) is 0 Å². The molecule has 0 saturated heterocycles. The Kier molecular flexibility index (Phi) is 3.82. The third kappa shape index (κ3) is 3.33. The van der Waals surface area contributed by atoms with Crippen LogP contribution in [0.2, 0.25) is 0 Å². The number of carboxylic acid groups (broad SMARTS) is 1. The fourth-order valence-corrected chi connectivity index (χ4v) is 1.66. The topological polar surface area (TPSA) is 72.5 Å². The number of carbonyl (C=O) groups is 1. The SMILES string of the molecule is Cc1ccc(Oc2cccc([C@H](N)C(=O)O)c2)cc1. The van der Waals surface area contributed by atoms with Crippen LogP contribution in [0.3, 0.4) is 0 Å². The number of aryl methyl sites for hydroxylation is 1. The van der Waals surface area contributed by atoms with Gasteiger partial charge in [0.1, 0.15) is 17.5 Å². The summed E-state index contributed by atoms with van der Waals surface area (Å²) in [7, 11) is 0. The molecule has 98 valence electrons. The first kappa shape index (κ1) is 13.1. The number of ether oxygens (including phenoxy) is 1. The van der Waals surface area contributed by atoms with E-state index < -0.39 is 12.0 Å². The normalized spacial score (nSPS) is 11.9. The lowest BCUT2D eigenvalue weighted by atomic mass is 10.1. The Labute approximate surface area is 111 Å². The Balaban J connectivity index is 2.19. The number of nitrogens with two attached hydrogens (primary N) is 1. The molecule has 4 heteroatoms. The summed E-state index contributed by atoms with van der Waals surface area (Å²) in [5, 5.41) is 8.88. The monoisotopic (exact) mass is 257 g/mol. The summed E-state index contributed by atoms with van der Waals surface area (Å²) >= 11 is 0. The van der Waals surface area contributed by atoms with Crippen molar-refractivity contribution in [1.29, 1.82) is 0 Å². The molecule has 2 rings (SSSR count). The summed E-state index contributed by atoms with van der Waals surface area (Å²) in [6, 6.07) is 13.4. The first-order valence-electron chi connectivity index (χ1n) is 5.89. The molecule has 4 nitrogen and oxygen atoms in total. The number of aliphatic carboxylic acids is 1. The van der Waals surface area contributed by atoms with Gasteiger partial charge in [-0.15, -0.1) is 0 Å². The molecule has 0 radical (unpaired) electrons. The molecular weight excluding hydrogens is 242 g/mol. The second-order valence-electron chi connectivity index (χ2n) is 4.30. The third-order valence-electron chi connectivity index (χ3n) is 2.74. The van der Waals surface area contributed by atoms with Gasteiger partial charge in [-0.3, -0.25) is 4.79 Å². The number of carboxylic acids is 1. The van der Waals surface area contributed by atoms with Crippen LogP contribution in [0.4, 0.5) is 0 Å². The van der Waals surface area contributed by atoms with E-state index in [9.17, 15) is 4.79 Å². The Morgan fingerprint density at radius 2 is 1.84 bits per heavy atom. The van der Waals surface area contributed by atoms with Crippen LogP contribution >= 0.6 is 0 Å². The van der Waals surface area contributed by atoms with Gasteiger partial charge in [-0.2, -0.15) is 0 Å². The predicted octanol–water partition coefficient (Wildman–Crippen LogP) is 2.87. The summed E-state index contributed by atoms with van der Waals surface area (Å²) in [5.41, 5.74) is 7.22. The minimum Gasteiger partial charge on any atom is -0.480 e. The quantitative estimate of drug-likeness (QED) is 0.883. The van der Waals surface area contributed by atoms with Gasteiger partial charge in [-0.05, 0) is 36.8 Å². The van der Waals surface area contributed by atoms with E-state index in [1.54, 1.807) is 24.3 Å². The Bertz CT molecular complexity index is 578. The number of rotatable bonds is 4. The Hall–Kier alpha value is -2.33. The molecule has 3 N–H and O–H groups in total. The van der Waals surface area contributed by atoms with Crippen LogP contribution in [-0.2, 0) is 4.79 Å². The van der Waals surface area contributed by atoms with Gasteiger partial charge in [-0.1, -0.05) is 29.8 Å². The van der Waals surface area contributed by atoms with Crippen molar-refractivity contribution in [3.05, 3.63) is 59.7 Å². The van der Waals surface area contributed by atoms with Crippen LogP contribution in [0.25, 0.3) is 0 Å². The fourth-order valence-electron chi connectivity index (χ4n) is 1.66. The average Bonchev–Trinajstić information content (AvgIpc) is 2.41. The second kappa shape index (κ2) is 5.54. The fraction of sp³-hybridized carbons (Fsp3) is 0.133. The average molecular weight is 257 g/mol. The van der Waals surface area contributed by atoms with Crippen LogP contribution in [0.15, 0.2) is 48.5 Å². The molecule has 19 heavy (non-hydrogen) atoms. The van der Waals surface area contributed by atoms with Crippen molar-refractivity contribution in [3.63, 3.8) is 0 Å². The highest BCUT2D eigenvalue weighted by Crippen LogP contribution is 2.24. The van der Waals surface area contributed by atoms with E-state index in [4.69, 9.17) is 15.6 Å². The first-order chi connectivity index (χ1) is 9.06. The molecule has 0 spiro atoms. The Morgan fingerprint density at radius 3 is 2.47 bits per heavy atom. The van der Waals surface area contributed by atoms with Crippen molar-refractivity contribution >= 4 is 5.97 Å². The van der Waals surface area contributed by atoms with Crippen molar-refractivity contribution in [2.24, 2.45) is 5.73 Å². The molecule has 0 bridgehead atoms. The molecule has 0 aliphatic rings. The summed E-state index contributed by atoms with van der Waals surface area (Å²) in [6.07, 6.45) is 0. The van der Waals surface area contributed by atoms with E-state index in [1.807, 2.05) is 31.2 Å². The van der Waals surface area contributed by atoms with Crippen molar-refractivity contribution in [2.45, 2.75) is 13.0 Å². The minimum absolute atomic E-state index is 0.511. The molecule has 0 aromatic heterocycles. The molecular formula is C15H15NO3. The lowest BCUT2D eigenvalue weighted by Gasteiger charge is -2.10. The molecule has 1 atom stereocenters. The van der Waals surface area contributed by atoms with Gasteiger partial charge in [0.15, 0.2) is 0 Å². The van der Waals surface area contributed by atoms with Gasteiger partial charge in [-0.25, -0.2) is 0 Å². The lowest BCUT2D eigenvalue weighted by Crippen LogP contribution is -2.20. The molecule has 2 aromatic rings. The van der Waals surface area contributed by atoms with Gasteiger partial charge in [0, 0.05) is 0 Å². The molecule has 0 heterocycles. The summed E-state index contributed by atoms with van der Waals surface area (Å²) in [4.78, 5) is 10.8. The van der Waals surface area contributed by atoms with Crippen molar-refractivity contribution in [1.82, 2.24) is 0 Å².